The standard InChI is InChI=1S/C18H16F3N3O/c1-17(2)9-15(25)23-24(17)16(18(19,20)21)12-6-7-14-11(8-12)4-3-5-13(14)10-22/h3-8,16H,9H2,1-2H3,(H,23,25). The molecule has 0 radical (unpaired) electrons. The van der Waals surface area contributed by atoms with E-state index in [1.165, 1.54) is 18.2 Å². The fourth-order valence-electron chi connectivity index (χ4n) is 3.27. The second-order valence-electron chi connectivity index (χ2n) is 6.74. The highest BCUT2D eigenvalue weighted by atomic mass is 19.4. The van der Waals surface area contributed by atoms with Crippen LogP contribution in [0.25, 0.3) is 10.8 Å². The number of nitrogens with zero attached hydrogens (tertiary/aromatic N) is 2. The molecule has 0 aliphatic carbocycles. The van der Waals surface area contributed by atoms with Crippen LogP contribution in [0.5, 0.6) is 0 Å². The van der Waals surface area contributed by atoms with Crippen molar-refractivity contribution >= 4 is 16.7 Å². The third kappa shape index (κ3) is 3.05. The Morgan fingerprint density at radius 2 is 2.00 bits per heavy atom. The van der Waals surface area contributed by atoms with Gasteiger partial charge in [-0.2, -0.15) is 23.4 Å². The van der Waals surface area contributed by atoms with Gasteiger partial charge in [-0.25, -0.2) is 0 Å². The van der Waals surface area contributed by atoms with E-state index in [2.05, 4.69) is 5.43 Å². The largest absolute Gasteiger partial charge is 0.409 e. The number of fused-ring (bicyclic) bond motifs is 1. The topological polar surface area (TPSA) is 56.1 Å². The second kappa shape index (κ2) is 5.74. The number of halogens is 3. The van der Waals surface area contributed by atoms with Gasteiger partial charge in [-0.05, 0) is 42.3 Å². The van der Waals surface area contributed by atoms with Crippen LogP contribution in [0.4, 0.5) is 13.2 Å². The average Bonchev–Trinajstić information content (AvgIpc) is 2.77. The molecule has 1 unspecified atom stereocenters. The Hall–Kier alpha value is -2.59. The molecule has 0 spiro atoms. The normalized spacial score (nSPS) is 18.8. The Labute approximate surface area is 142 Å². The van der Waals surface area contributed by atoms with Gasteiger partial charge in [0.1, 0.15) is 0 Å². The number of hydrazine groups is 1. The van der Waals surface area contributed by atoms with Crippen molar-refractivity contribution in [1.29, 1.82) is 5.26 Å². The van der Waals surface area contributed by atoms with Crippen LogP contribution in [0.15, 0.2) is 36.4 Å². The number of benzene rings is 2. The summed E-state index contributed by atoms with van der Waals surface area (Å²) in [5, 5.41) is 11.3. The fraction of sp³-hybridized carbons (Fsp3) is 0.333. The van der Waals surface area contributed by atoms with E-state index in [0.717, 1.165) is 5.01 Å². The van der Waals surface area contributed by atoms with Crippen LogP contribution in [-0.2, 0) is 4.79 Å². The molecule has 3 rings (SSSR count). The minimum Gasteiger partial charge on any atom is -0.287 e. The molecule has 1 heterocycles. The lowest BCUT2D eigenvalue weighted by molar-refractivity contribution is -0.203. The van der Waals surface area contributed by atoms with Crippen molar-refractivity contribution in [1.82, 2.24) is 10.4 Å². The minimum atomic E-state index is -4.57. The molecule has 25 heavy (non-hydrogen) atoms. The molecule has 1 saturated heterocycles. The van der Waals surface area contributed by atoms with E-state index >= 15 is 0 Å². The van der Waals surface area contributed by atoms with Gasteiger partial charge in [-0.1, -0.05) is 24.3 Å². The number of alkyl halides is 3. The van der Waals surface area contributed by atoms with Crippen molar-refractivity contribution in [3.8, 4) is 6.07 Å². The molecular weight excluding hydrogens is 331 g/mol. The maximum Gasteiger partial charge on any atom is 0.409 e. The first-order chi connectivity index (χ1) is 11.6. The smallest absolute Gasteiger partial charge is 0.287 e. The summed E-state index contributed by atoms with van der Waals surface area (Å²) in [7, 11) is 0. The first-order valence-electron chi connectivity index (χ1n) is 7.72. The Balaban J connectivity index is 2.14. The maximum absolute atomic E-state index is 13.8. The predicted octanol–water partition coefficient (Wildman–Crippen LogP) is 3.83. The fourth-order valence-corrected chi connectivity index (χ4v) is 3.27. The van der Waals surface area contributed by atoms with Crippen molar-refractivity contribution in [2.75, 3.05) is 0 Å². The molecule has 0 bridgehead atoms. The minimum absolute atomic E-state index is 0.00819. The number of nitriles is 1. The van der Waals surface area contributed by atoms with Crippen molar-refractivity contribution in [3.05, 3.63) is 47.5 Å². The number of nitrogens with one attached hydrogen (secondary N) is 1. The van der Waals surface area contributed by atoms with Crippen LogP contribution in [0.2, 0.25) is 0 Å². The third-order valence-corrected chi connectivity index (χ3v) is 4.40. The Morgan fingerprint density at radius 3 is 2.56 bits per heavy atom. The van der Waals surface area contributed by atoms with E-state index in [4.69, 9.17) is 5.26 Å². The molecule has 2 aromatic rings. The number of rotatable bonds is 2. The summed E-state index contributed by atoms with van der Waals surface area (Å²) in [4.78, 5) is 11.7. The molecule has 0 aromatic heterocycles. The summed E-state index contributed by atoms with van der Waals surface area (Å²) in [6.07, 6.45) is -4.58. The van der Waals surface area contributed by atoms with Crippen LogP contribution in [-0.4, -0.2) is 22.6 Å². The van der Waals surface area contributed by atoms with Gasteiger partial charge in [0.2, 0.25) is 5.91 Å². The number of hydrogen-bond donors (Lipinski definition) is 1. The summed E-state index contributed by atoms with van der Waals surface area (Å²) in [6, 6.07) is 9.29. The highest BCUT2D eigenvalue weighted by Gasteiger charge is 2.52. The van der Waals surface area contributed by atoms with E-state index in [1.54, 1.807) is 32.0 Å². The summed E-state index contributed by atoms with van der Waals surface area (Å²) in [5.74, 6) is -0.438. The van der Waals surface area contributed by atoms with E-state index in [9.17, 15) is 18.0 Å². The highest BCUT2D eigenvalue weighted by molar-refractivity contribution is 5.88. The van der Waals surface area contributed by atoms with E-state index in [0.29, 0.717) is 16.3 Å². The Morgan fingerprint density at radius 1 is 1.28 bits per heavy atom. The van der Waals surface area contributed by atoms with E-state index in [-0.39, 0.29) is 12.0 Å². The van der Waals surface area contributed by atoms with Gasteiger partial charge in [0.15, 0.2) is 6.04 Å². The van der Waals surface area contributed by atoms with Crippen LogP contribution in [0.1, 0.15) is 37.4 Å². The molecule has 1 N–H and O–H groups in total. The van der Waals surface area contributed by atoms with Gasteiger partial charge in [0, 0.05) is 12.0 Å². The molecule has 2 aromatic carbocycles. The van der Waals surface area contributed by atoms with Gasteiger partial charge in [-0.15, -0.1) is 0 Å². The van der Waals surface area contributed by atoms with E-state index in [1.807, 2.05) is 6.07 Å². The lowest BCUT2D eigenvalue weighted by Gasteiger charge is -2.38. The summed E-state index contributed by atoms with van der Waals surface area (Å²) < 4.78 is 41.5. The summed E-state index contributed by atoms with van der Waals surface area (Å²) in [5.41, 5.74) is 1.79. The lowest BCUT2D eigenvalue weighted by atomic mass is 9.95. The number of amides is 1. The summed E-state index contributed by atoms with van der Waals surface area (Å²) >= 11 is 0. The Bertz CT molecular complexity index is 883. The predicted molar refractivity (Wildman–Crippen MR) is 86.1 cm³/mol. The second-order valence-corrected chi connectivity index (χ2v) is 6.74. The molecule has 4 nitrogen and oxygen atoms in total. The van der Waals surface area contributed by atoms with Crippen LogP contribution in [0.3, 0.4) is 0 Å². The van der Waals surface area contributed by atoms with Gasteiger partial charge < -0.3 is 0 Å². The summed E-state index contributed by atoms with van der Waals surface area (Å²) in [6.45, 7) is 3.19. The maximum atomic E-state index is 13.8. The molecule has 0 saturated carbocycles. The van der Waals surface area contributed by atoms with E-state index < -0.39 is 23.7 Å². The molecule has 1 aliphatic heterocycles. The van der Waals surface area contributed by atoms with Gasteiger partial charge in [-0.3, -0.25) is 10.2 Å². The molecule has 1 fully saturated rings. The molecule has 1 amide bonds. The van der Waals surface area contributed by atoms with Crippen molar-refractivity contribution in [2.24, 2.45) is 0 Å². The third-order valence-electron chi connectivity index (χ3n) is 4.40. The van der Waals surface area contributed by atoms with Gasteiger partial charge in [0.05, 0.1) is 11.6 Å². The van der Waals surface area contributed by atoms with Crippen LogP contribution < -0.4 is 5.43 Å². The highest BCUT2D eigenvalue weighted by Crippen LogP contribution is 2.43. The molecule has 1 aliphatic rings. The molecule has 7 heteroatoms. The molecule has 1 atom stereocenters. The van der Waals surface area contributed by atoms with Crippen LogP contribution >= 0.6 is 0 Å². The Kier molecular flexibility index (Phi) is 3.96. The number of hydrogen-bond acceptors (Lipinski definition) is 3. The first kappa shape index (κ1) is 17.2. The average molecular weight is 347 g/mol. The molecular formula is C18H16F3N3O. The number of carbonyl (C=O) groups is 1. The monoisotopic (exact) mass is 347 g/mol. The first-order valence-corrected chi connectivity index (χ1v) is 7.72. The van der Waals surface area contributed by atoms with Crippen molar-refractivity contribution in [2.45, 2.75) is 38.0 Å². The zero-order valence-corrected chi connectivity index (χ0v) is 13.7. The van der Waals surface area contributed by atoms with Gasteiger partial charge >= 0.3 is 6.18 Å². The SMILES string of the molecule is CC1(C)CC(=O)NN1C(c1ccc2c(C#N)cccc2c1)C(F)(F)F. The van der Waals surface area contributed by atoms with Crippen molar-refractivity contribution < 1.29 is 18.0 Å². The van der Waals surface area contributed by atoms with Crippen LogP contribution in [0, 0.1) is 11.3 Å². The number of carbonyl (C=O) groups excluding carboxylic acids is 1. The zero-order chi connectivity index (χ0) is 18.4. The molecule has 130 valence electrons. The zero-order valence-electron chi connectivity index (χ0n) is 13.7. The van der Waals surface area contributed by atoms with Crippen molar-refractivity contribution in [3.63, 3.8) is 0 Å². The lowest BCUT2D eigenvalue weighted by Crippen LogP contribution is -2.51. The van der Waals surface area contributed by atoms with Gasteiger partial charge in [0.25, 0.3) is 0 Å². The quantitative estimate of drug-likeness (QED) is 0.898.